The van der Waals surface area contributed by atoms with E-state index in [2.05, 4.69) is 76.2 Å². The number of rotatable bonds is 4. The lowest BCUT2D eigenvalue weighted by molar-refractivity contribution is 0.578. The molecule has 0 heterocycles. The van der Waals surface area contributed by atoms with E-state index in [0.717, 1.165) is 11.4 Å². The molecule has 4 N–H and O–H groups in total. The van der Waals surface area contributed by atoms with Gasteiger partial charge < -0.3 is 11.5 Å². The van der Waals surface area contributed by atoms with Crippen molar-refractivity contribution in [1.29, 1.82) is 0 Å². The SMILES string of the molecule is CC(C)(c1ccc(N)cc1)c1ccccc1C(C)(C)c1ccc(N)cc1. The van der Waals surface area contributed by atoms with Crippen molar-refractivity contribution in [1.82, 2.24) is 0 Å². The third-order valence-corrected chi connectivity index (χ3v) is 5.54. The molecule has 2 heteroatoms. The molecule has 0 spiro atoms. The zero-order valence-corrected chi connectivity index (χ0v) is 16.1. The zero-order chi connectivity index (χ0) is 18.9. The van der Waals surface area contributed by atoms with E-state index in [1.807, 2.05) is 24.3 Å². The molecule has 0 amide bonds. The summed E-state index contributed by atoms with van der Waals surface area (Å²) in [7, 11) is 0. The van der Waals surface area contributed by atoms with Gasteiger partial charge in [0.25, 0.3) is 0 Å². The van der Waals surface area contributed by atoms with Crippen LogP contribution in [0.2, 0.25) is 0 Å². The Bertz CT molecular complexity index is 812. The van der Waals surface area contributed by atoms with Crippen LogP contribution in [-0.4, -0.2) is 0 Å². The van der Waals surface area contributed by atoms with Crippen LogP contribution in [0.1, 0.15) is 49.9 Å². The Hall–Kier alpha value is -2.74. The maximum absolute atomic E-state index is 5.89. The Labute approximate surface area is 156 Å². The average molecular weight is 345 g/mol. The van der Waals surface area contributed by atoms with Crippen LogP contribution in [0.25, 0.3) is 0 Å². The van der Waals surface area contributed by atoms with Crippen molar-refractivity contribution in [3.63, 3.8) is 0 Å². The molecule has 3 rings (SSSR count). The maximum atomic E-state index is 5.89. The summed E-state index contributed by atoms with van der Waals surface area (Å²) in [5.41, 5.74) is 18.3. The van der Waals surface area contributed by atoms with Gasteiger partial charge >= 0.3 is 0 Å². The Morgan fingerprint density at radius 1 is 0.500 bits per heavy atom. The van der Waals surface area contributed by atoms with E-state index in [1.165, 1.54) is 22.3 Å². The highest BCUT2D eigenvalue weighted by Crippen LogP contribution is 2.41. The van der Waals surface area contributed by atoms with Gasteiger partial charge in [0.1, 0.15) is 0 Å². The van der Waals surface area contributed by atoms with Crippen LogP contribution in [0.15, 0.2) is 72.8 Å². The van der Waals surface area contributed by atoms with Gasteiger partial charge in [-0.3, -0.25) is 0 Å². The van der Waals surface area contributed by atoms with Crippen molar-refractivity contribution < 1.29 is 0 Å². The highest BCUT2D eigenvalue weighted by molar-refractivity contribution is 5.52. The number of benzene rings is 3. The first kappa shape index (κ1) is 18.1. The van der Waals surface area contributed by atoms with Crippen molar-refractivity contribution in [2.24, 2.45) is 0 Å². The Morgan fingerprint density at radius 2 is 0.808 bits per heavy atom. The molecular weight excluding hydrogens is 316 g/mol. The molecule has 0 aliphatic carbocycles. The fourth-order valence-corrected chi connectivity index (χ4v) is 3.68. The summed E-state index contributed by atoms with van der Waals surface area (Å²) in [6, 6.07) is 25.1. The molecule has 26 heavy (non-hydrogen) atoms. The maximum Gasteiger partial charge on any atom is 0.0314 e. The van der Waals surface area contributed by atoms with E-state index in [0.29, 0.717) is 0 Å². The second kappa shape index (κ2) is 6.53. The predicted molar refractivity (Wildman–Crippen MR) is 112 cm³/mol. The fourth-order valence-electron chi connectivity index (χ4n) is 3.68. The molecule has 2 nitrogen and oxygen atoms in total. The first-order chi connectivity index (χ1) is 12.2. The largest absolute Gasteiger partial charge is 0.399 e. The standard InChI is InChI=1S/C24H28N2/c1-23(2,17-9-13-19(25)14-10-17)21-7-5-6-8-22(21)24(3,4)18-11-15-20(26)16-12-18/h5-16H,25-26H2,1-4H3. The van der Waals surface area contributed by atoms with Crippen LogP contribution in [-0.2, 0) is 10.8 Å². The molecule has 0 aliphatic heterocycles. The lowest BCUT2D eigenvalue weighted by Crippen LogP contribution is -2.28. The van der Waals surface area contributed by atoms with Gasteiger partial charge in [-0.15, -0.1) is 0 Å². The molecule has 0 atom stereocenters. The number of hydrogen-bond donors (Lipinski definition) is 2. The van der Waals surface area contributed by atoms with Gasteiger partial charge in [-0.1, -0.05) is 76.2 Å². The summed E-state index contributed by atoms with van der Waals surface area (Å²) in [6.07, 6.45) is 0. The smallest absolute Gasteiger partial charge is 0.0314 e. The van der Waals surface area contributed by atoms with Gasteiger partial charge in [0.15, 0.2) is 0 Å². The second-order valence-electron chi connectivity index (χ2n) is 8.04. The van der Waals surface area contributed by atoms with Gasteiger partial charge in [-0.05, 0) is 46.5 Å². The molecule has 0 saturated heterocycles. The van der Waals surface area contributed by atoms with E-state index < -0.39 is 0 Å². The van der Waals surface area contributed by atoms with E-state index in [1.54, 1.807) is 0 Å². The van der Waals surface area contributed by atoms with Crippen molar-refractivity contribution in [3.05, 3.63) is 95.1 Å². The first-order valence-electron chi connectivity index (χ1n) is 9.05. The van der Waals surface area contributed by atoms with E-state index in [4.69, 9.17) is 11.5 Å². The van der Waals surface area contributed by atoms with Crippen molar-refractivity contribution in [2.45, 2.75) is 38.5 Å². The number of hydrogen-bond acceptors (Lipinski definition) is 2. The summed E-state index contributed by atoms with van der Waals surface area (Å²) in [5.74, 6) is 0. The summed E-state index contributed by atoms with van der Waals surface area (Å²) < 4.78 is 0. The molecule has 0 unspecified atom stereocenters. The van der Waals surface area contributed by atoms with Crippen molar-refractivity contribution in [3.8, 4) is 0 Å². The van der Waals surface area contributed by atoms with Gasteiger partial charge in [0.2, 0.25) is 0 Å². The molecule has 0 saturated carbocycles. The molecule has 0 bridgehead atoms. The highest BCUT2D eigenvalue weighted by atomic mass is 14.5. The van der Waals surface area contributed by atoms with Crippen LogP contribution in [0.4, 0.5) is 11.4 Å². The lowest BCUT2D eigenvalue weighted by Gasteiger charge is -2.35. The van der Waals surface area contributed by atoms with Crippen molar-refractivity contribution in [2.75, 3.05) is 11.5 Å². The third kappa shape index (κ3) is 3.20. The molecule has 0 radical (unpaired) electrons. The highest BCUT2D eigenvalue weighted by Gasteiger charge is 2.32. The summed E-state index contributed by atoms with van der Waals surface area (Å²) in [4.78, 5) is 0. The summed E-state index contributed by atoms with van der Waals surface area (Å²) in [5, 5.41) is 0. The minimum Gasteiger partial charge on any atom is -0.399 e. The van der Waals surface area contributed by atoms with Crippen LogP contribution in [0.5, 0.6) is 0 Å². The van der Waals surface area contributed by atoms with Gasteiger partial charge in [0.05, 0.1) is 0 Å². The Balaban J connectivity index is 2.13. The van der Waals surface area contributed by atoms with Crippen LogP contribution < -0.4 is 11.5 Å². The average Bonchev–Trinajstić information content (AvgIpc) is 2.62. The number of nitrogen functional groups attached to an aromatic ring is 2. The monoisotopic (exact) mass is 344 g/mol. The van der Waals surface area contributed by atoms with Crippen LogP contribution in [0.3, 0.4) is 0 Å². The quantitative estimate of drug-likeness (QED) is 0.614. The van der Waals surface area contributed by atoms with Gasteiger partial charge in [-0.2, -0.15) is 0 Å². The third-order valence-electron chi connectivity index (χ3n) is 5.54. The topological polar surface area (TPSA) is 52.0 Å². The van der Waals surface area contributed by atoms with Crippen molar-refractivity contribution >= 4 is 11.4 Å². The molecule has 0 aromatic heterocycles. The van der Waals surface area contributed by atoms with Gasteiger partial charge in [0, 0.05) is 22.2 Å². The Morgan fingerprint density at radius 3 is 1.12 bits per heavy atom. The summed E-state index contributed by atoms with van der Waals surface area (Å²) >= 11 is 0. The molecule has 0 fully saturated rings. The zero-order valence-electron chi connectivity index (χ0n) is 16.1. The minimum atomic E-state index is -0.130. The van der Waals surface area contributed by atoms with Crippen LogP contribution in [0, 0.1) is 0 Å². The normalized spacial score (nSPS) is 12.2. The molecule has 0 aliphatic rings. The molecular formula is C24H28N2. The fraction of sp³-hybridized carbons (Fsp3) is 0.250. The minimum absolute atomic E-state index is 0.130. The first-order valence-corrected chi connectivity index (χ1v) is 9.05. The van der Waals surface area contributed by atoms with E-state index in [-0.39, 0.29) is 10.8 Å². The predicted octanol–water partition coefficient (Wildman–Crippen LogP) is 5.50. The summed E-state index contributed by atoms with van der Waals surface area (Å²) in [6.45, 7) is 9.10. The molecule has 3 aromatic rings. The van der Waals surface area contributed by atoms with E-state index in [9.17, 15) is 0 Å². The van der Waals surface area contributed by atoms with E-state index >= 15 is 0 Å². The Kier molecular flexibility index (Phi) is 4.53. The van der Waals surface area contributed by atoms with Gasteiger partial charge in [-0.25, -0.2) is 0 Å². The molecule has 134 valence electrons. The lowest BCUT2D eigenvalue weighted by atomic mass is 9.68. The second-order valence-corrected chi connectivity index (χ2v) is 8.04. The number of anilines is 2. The molecule has 3 aromatic carbocycles. The van der Waals surface area contributed by atoms with Crippen LogP contribution >= 0.6 is 0 Å². The number of nitrogens with two attached hydrogens (primary N) is 2.